The molecule has 0 saturated heterocycles. The van der Waals surface area contributed by atoms with Gasteiger partial charge >= 0.3 is 6.18 Å². The van der Waals surface area contributed by atoms with Crippen molar-refractivity contribution in [1.82, 2.24) is 10.2 Å². The number of halogens is 4. The average Bonchev–Trinajstić information content (AvgIpc) is 2.45. The number of nitrogens with one attached hydrogen (secondary N) is 1. The summed E-state index contributed by atoms with van der Waals surface area (Å²) < 4.78 is 36.9. The minimum absolute atomic E-state index is 0.250. The van der Waals surface area contributed by atoms with Crippen LogP contribution in [0.1, 0.15) is 16.6 Å². The predicted octanol–water partition coefficient (Wildman–Crippen LogP) is 3.89. The van der Waals surface area contributed by atoms with Crippen LogP contribution in [0.4, 0.5) is 19.0 Å². The van der Waals surface area contributed by atoms with Crippen molar-refractivity contribution >= 4 is 17.4 Å². The molecule has 7 heteroatoms. The lowest BCUT2D eigenvalue weighted by Crippen LogP contribution is -2.12. The largest absolute Gasteiger partial charge is 0.435 e. The molecule has 106 valence electrons. The second-order valence-electron chi connectivity index (χ2n) is 4.06. The van der Waals surface area contributed by atoms with E-state index >= 15 is 0 Å². The summed E-state index contributed by atoms with van der Waals surface area (Å²) in [5.74, 6) is 0.250. The molecule has 0 saturated carbocycles. The van der Waals surface area contributed by atoms with Gasteiger partial charge in [-0.15, -0.1) is 21.8 Å². The number of hydrogen-bond donors (Lipinski definition) is 1. The predicted molar refractivity (Wildman–Crippen MR) is 70.6 cm³/mol. The molecule has 0 aliphatic heterocycles. The van der Waals surface area contributed by atoms with Gasteiger partial charge in [0, 0.05) is 6.54 Å². The SMILES string of the molecule is FC(F)(F)c1ccc(NCC(Cl)c2ccccc2)nn1. The first kappa shape index (κ1) is 14.6. The van der Waals surface area contributed by atoms with E-state index in [1.54, 1.807) is 0 Å². The Morgan fingerprint density at radius 3 is 2.30 bits per heavy atom. The van der Waals surface area contributed by atoms with Gasteiger partial charge in [-0.2, -0.15) is 13.2 Å². The highest BCUT2D eigenvalue weighted by molar-refractivity contribution is 6.21. The Kier molecular flexibility index (Phi) is 4.44. The number of hydrogen-bond acceptors (Lipinski definition) is 3. The highest BCUT2D eigenvalue weighted by Crippen LogP contribution is 2.27. The van der Waals surface area contributed by atoms with Crippen molar-refractivity contribution in [2.45, 2.75) is 11.6 Å². The van der Waals surface area contributed by atoms with Crippen molar-refractivity contribution in [2.24, 2.45) is 0 Å². The van der Waals surface area contributed by atoms with Crippen LogP contribution in [0.25, 0.3) is 0 Å². The summed E-state index contributed by atoms with van der Waals surface area (Å²) in [6.07, 6.45) is -4.48. The minimum atomic E-state index is -4.48. The van der Waals surface area contributed by atoms with Gasteiger partial charge in [0.15, 0.2) is 5.69 Å². The first-order valence-corrected chi connectivity index (χ1v) is 6.24. The molecule has 1 aromatic carbocycles. The van der Waals surface area contributed by atoms with Gasteiger partial charge in [-0.25, -0.2) is 0 Å². The molecular weight excluding hydrogens is 291 g/mol. The first-order chi connectivity index (χ1) is 9.47. The molecular formula is C13H11ClF3N3. The van der Waals surface area contributed by atoms with Gasteiger partial charge in [0.05, 0.1) is 5.38 Å². The Hall–Kier alpha value is -1.82. The van der Waals surface area contributed by atoms with Crippen molar-refractivity contribution < 1.29 is 13.2 Å². The molecule has 0 radical (unpaired) electrons. The highest BCUT2D eigenvalue weighted by atomic mass is 35.5. The van der Waals surface area contributed by atoms with Crippen LogP contribution in [-0.2, 0) is 6.18 Å². The Labute approximate surface area is 118 Å². The van der Waals surface area contributed by atoms with Crippen molar-refractivity contribution in [1.29, 1.82) is 0 Å². The van der Waals surface area contributed by atoms with Crippen LogP contribution in [0.5, 0.6) is 0 Å². The number of aromatic nitrogens is 2. The zero-order valence-electron chi connectivity index (χ0n) is 10.2. The van der Waals surface area contributed by atoms with Crippen LogP contribution in [0.2, 0.25) is 0 Å². The number of alkyl halides is 4. The molecule has 3 nitrogen and oxygen atoms in total. The van der Waals surface area contributed by atoms with Crippen LogP contribution in [0.3, 0.4) is 0 Å². The van der Waals surface area contributed by atoms with Gasteiger partial charge < -0.3 is 5.32 Å². The monoisotopic (exact) mass is 301 g/mol. The number of anilines is 1. The standard InChI is InChI=1S/C13H11ClF3N3/c14-10(9-4-2-1-3-5-9)8-18-12-7-6-11(19-20-12)13(15,16)17/h1-7,10H,8H2,(H,18,20). The molecule has 2 rings (SSSR count). The zero-order valence-corrected chi connectivity index (χ0v) is 11.0. The lowest BCUT2D eigenvalue weighted by molar-refractivity contribution is -0.141. The average molecular weight is 302 g/mol. The lowest BCUT2D eigenvalue weighted by atomic mass is 10.1. The van der Waals surface area contributed by atoms with Gasteiger partial charge in [0.25, 0.3) is 0 Å². The quantitative estimate of drug-likeness (QED) is 0.871. The fourth-order valence-corrected chi connectivity index (χ4v) is 1.77. The van der Waals surface area contributed by atoms with E-state index in [0.29, 0.717) is 6.54 Å². The van der Waals surface area contributed by atoms with E-state index in [0.717, 1.165) is 11.6 Å². The van der Waals surface area contributed by atoms with Crippen LogP contribution in [0.15, 0.2) is 42.5 Å². The number of nitrogens with zero attached hydrogens (tertiary/aromatic N) is 2. The van der Waals surface area contributed by atoms with Crippen molar-refractivity contribution in [2.75, 3.05) is 11.9 Å². The van der Waals surface area contributed by atoms with Gasteiger partial charge in [0.2, 0.25) is 0 Å². The maximum absolute atomic E-state index is 12.3. The van der Waals surface area contributed by atoms with E-state index in [1.165, 1.54) is 6.07 Å². The normalized spacial score (nSPS) is 13.0. The minimum Gasteiger partial charge on any atom is -0.367 e. The second-order valence-corrected chi connectivity index (χ2v) is 4.59. The van der Waals surface area contributed by atoms with Crippen molar-refractivity contribution in [3.8, 4) is 0 Å². The molecule has 1 atom stereocenters. The third-order valence-electron chi connectivity index (χ3n) is 2.58. The van der Waals surface area contributed by atoms with Crippen molar-refractivity contribution in [3.63, 3.8) is 0 Å². The Morgan fingerprint density at radius 2 is 1.75 bits per heavy atom. The van der Waals surface area contributed by atoms with Crippen LogP contribution in [-0.4, -0.2) is 16.7 Å². The lowest BCUT2D eigenvalue weighted by Gasteiger charge is -2.11. The fraction of sp³-hybridized carbons (Fsp3) is 0.231. The van der Waals surface area contributed by atoms with E-state index < -0.39 is 11.9 Å². The second kappa shape index (κ2) is 6.09. The Morgan fingerprint density at radius 1 is 1.05 bits per heavy atom. The molecule has 20 heavy (non-hydrogen) atoms. The summed E-state index contributed by atoms with van der Waals surface area (Å²) in [5, 5.41) is 9.13. The van der Waals surface area contributed by atoms with Crippen LogP contribution in [0, 0.1) is 0 Å². The van der Waals surface area contributed by atoms with E-state index in [4.69, 9.17) is 11.6 Å². The molecule has 1 unspecified atom stereocenters. The molecule has 1 aromatic heterocycles. The summed E-state index contributed by atoms with van der Waals surface area (Å²) in [7, 11) is 0. The van der Waals surface area contributed by atoms with Gasteiger partial charge in [-0.1, -0.05) is 30.3 Å². The van der Waals surface area contributed by atoms with E-state index in [1.807, 2.05) is 30.3 Å². The molecule has 0 spiro atoms. The van der Waals surface area contributed by atoms with Crippen molar-refractivity contribution in [3.05, 3.63) is 53.7 Å². The topological polar surface area (TPSA) is 37.8 Å². The zero-order chi connectivity index (χ0) is 14.6. The Balaban J connectivity index is 1.94. The molecule has 1 heterocycles. The summed E-state index contributed by atoms with van der Waals surface area (Å²) in [6.45, 7) is 0.339. The molecule has 0 fully saturated rings. The summed E-state index contributed by atoms with van der Waals surface area (Å²) in [4.78, 5) is 0. The first-order valence-electron chi connectivity index (χ1n) is 5.80. The van der Waals surface area contributed by atoms with Gasteiger partial charge in [-0.3, -0.25) is 0 Å². The van der Waals surface area contributed by atoms with E-state index in [2.05, 4.69) is 15.5 Å². The summed E-state index contributed by atoms with van der Waals surface area (Å²) >= 11 is 6.17. The fourth-order valence-electron chi connectivity index (χ4n) is 1.55. The van der Waals surface area contributed by atoms with E-state index in [-0.39, 0.29) is 11.2 Å². The summed E-state index contributed by atoms with van der Waals surface area (Å²) in [5.41, 5.74) is -0.102. The molecule has 0 amide bonds. The molecule has 1 N–H and O–H groups in total. The maximum atomic E-state index is 12.3. The number of benzene rings is 1. The van der Waals surface area contributed by atoms with E-state index in [9.17, 15) is 13.2 Å². The molecule has 0 bridgehead atoms. The maximum Gasteiger partial charge on any atom is 0.435 e. The molecule has 2 aromatic rings. The molecule has 0 aliphatic carbocycles. The third-order valence-corrected chi connectivity index (χ3v) is 2.98. The van der Waals surface area contributed by atoms with Crippen LogP contribution < -0.4 is 5.32 Å². The van der Waals surface area contributed by atoms with Crippen LogP contribution >= 0.6 is 11.6 Å². The third kappa shape index (κ3) is 3.84. The molecule has 0 aliphatic rings. The smallest absolute Gasteiger partial charge is 0.367 e. The van der Waals surface area contributed by atoms with Gasteiger partial charge in [-0.05, 0) is 17.7 Å². The Bertz CT molecular complexity index is 543. The number of rotatable bonds is 4. The van der Waals surface area contributed by atoms with Gasteiger partial charge in [0.1, 0.15) is 5.82 Å². The highest BCUT2D eigenvalue weighted by Gasteiger charge is 2.32. The summed E-state index contributed by atoms with van der Waals surface area (Å²) in [6, 6.07) is 11.5.